The molecule has 0 atom stereocenters. The minimum atomic E-state index is -4.92. The lowest BCUT2D eigenvalue weighted by Gasteiger charge is -2.04. The van der Waals surface area contributed by atoms with Crippen molar-refractivity contribution in [2.24, 2.45) is 0 Å². The number of carbonyl (C=O) groups excluding carboxylic acids is 2. The first-order valence-corrected chi connectivity index (χ1v) is 4.61. The van der Waals surface area contributed by atoms with Crippen molar-refractivity contribution in [3.05, 3.63) is 17.0 Å². The predicted molar refractivity (Wildman–Crippen MR) is 49.0 cm³/mol. The van der Waals surface area contributed by atoms with E-state index < -0.39 is 12.1 Å². The summed E-state index contributed by atoms with van der Waals surface area (Å²) in [6.45, 7) is 1.29. The fraction of sp³-hybridized carbons (Fsp3) is 0.250. The summed E-state index contributed by atoms with van der Waals surface area (Å²) in [6, 6.07) is 2.62. The van der Waals surface area contributed by atoms with Gasteiger partial charge >= 0.3 is 12.1 Å². The maximum absolute atomic E-state index is 11.8. The molecule has 1 rings (SSSR count). The number of amides is 1. The summed E-state index contributed by atoms with van der Waals surface area (Å²) in [6.07, 6.45) is -4.92. The van der Waals surface area contributed by atoms with Gasteiger partial charge in [0.2, 0.25) is 0 Å². The van der Waals surface area contributed by atoms with E-state index in [0.717, 1.165) is 11.3 Å². The van der Waals surface area contributed by atoms with Crippen LogP contribution >= 0.6 is 11.3 Å². The average molecular weight is 237 g/mol. The van der Waals surface area contributed by atoms with Gasteiger partial charge in [0, 0.05) is 0 Å². The number of nitrogens with one attached hydrogen (secondary N) is 1. The molecule has 0 unspecified atom stereocenters. The first-order chi connectivity index (χ1) is 6.80. The van der Waals surface area contributed by atoms with E-state index in [1.807, 2.05) is 0 Å². The third-order valence-corrected chi connectivity index (χ3v) is 2.55. The van der Waals surface area contributed by atoms with Gasteiger partial charge in [-0.1, -0.05) is 0 Å². The van der Waals surface area contributed by atoms with E-state index in [-0.39, 0.29) is 10.8 Å². The molecule has 0 fully saturated rings. The number of ketones is 1. The van der Waals surface area contributed by atoms with Gasteiger partial charge in [-0.15, -0.1) is 11.3 Å². The molecule has 1 aromatic rings. The summed E-state index contributed by atoms with van der Waals surface area (Å²) in [7, 11) is 0. The quantitative estimate of drug-likeness (QED) is 0.803. The number of alkyl halides is 3. The second-order valence-corrected chi connectivity index (χ2v) is 3.76. The Morgan fingerprint density at radius 3 is 2.33 bits per heavy atom. The van der Waals surface area contributed by atoms with Crippen LogP contribution in [0.4, 0.5) is 18.2 Å². The van der Waals surface area contributed by atoms with Crippen molar-refractivity contribution in [1.29, 1.82) is 0 Å². The van der Waals surface area contributed by atoms with Gasteiger partial charge in [-0.25, -0.2) is 0 Å². The molecule has 0 spiro atoms. The van der Waals surface area contributed by atoms with Crippen LogP contribution in [0.1, 0.15) is 16.6 Å². The molecule has 0 saturated heterocycles. The third-order valence-electron chi connectivity index (χ3n) is 1.45. The fourth-order valence-corrected chi connectivity index (χ4v) is 1.57. The van der Waals surface area contributed by atoms with Crippen LogP contribution in [0.2, 0.25) is 0 Å². The van der Waals surface area contributed by atoms with Crippen LogP contribution in [0.25, 0.3) is 0 Å². The summed E-state index contributed by atoms with van der Waals surface area (Å²) in [4.78, 5) is 21.6. The Labute approximate surface area is 86.9 Å². The molecule has 1 aromatic heterocycles. The van der Waals surface area contributed by atoms with Crippen molar-refractivity contribution in [2.75, 3.05) is 5.32 Å². The molecule has 0 radical (unpaired) electrons. The Morgan fingerprint density at radius 1 is 1.33 bits per heavy atom. The van der Waals surface area contributed by atoms with Crippen molar-refractivity contribution >= 4 is 28.0 Å². The Bertz CT molecular complexity index is 397. The largest absolute Gasteiger partial charge is 0.471 e. The molecule has 15 heavy (non-hydrogen) atoms. The number of halogens is 3. The Hall–Kier alpha value is -1.37. The molecule has 1 heterocycles. The van der Waals surface area contributed by atoms with Gasteiger partial charge in [0.1, 0.15) is 0 Å². The summed E-state index contributed by atoms with van der Waals surface area (Å²) in [5, 5.41) is 1.66. The van der Waals surface area contributed by atoms with Crippen molar-refractivity contribution in [3.63, 3.8) is 0 Å². The Kier molecular flexibility index (Phi) is 3.13. The summed E-state index contributed by atoms with van der Waals surface area (Å²) in [5.41, 5.74) is 0. The van der Waals surface area contributed by atoms with E-state index in [1.54, 1.807) is 5.32 Å². The highest BCUT2D eigenvalue weighted by molar-refractivity contribution is 7.18. The van der Waals surface area contributed by atoms with E-state index in [1.165, 1.54) is 19.1 Å². The number of Topliss-reactive ketones (excluding diaryl/α,β-unsaturated/α-hetero) is 1. The minimum absolute atomic E-state index is 0.00234. The lowest BCUT2D eigenvalue weighted by Crippen LogP contribution is -2.29. The normalized spacial score (nSPS) is 11.2. The highest BCUT2D eigenvalue weighted by Gasteiger charge is 2.38. The molecule has 0 aromatic carbocycles. The van der Waals surface area contributed by atoms with Gasteiger partial charge in [0.05, 0.1) is 9.88 Å². The molecule has 1 amide bonds. The predicted octanol–water partition coefficient (Wildman–Crippen LogP) is 2.45. The highest BCUT2D eigenvalue weighted by atomic mass is 32.1. The fourth-order valence-electron chi connectivity index (χ4n) is 0.777. The number of carbonyl (C=O) groups is 2. The number of thiophene rings is 1. The van der Waals surface area contributed by atoms with Crippen molar-refractivity contribution in [1.82, 2.24) is 0 Å². The molecule has 82 valence electrons. The van der Waals surface area contributed by atoms with Gasteiger partial charge in [0.25, 0.3) is 0 Å². The topological polar surface area (TPSA) is 46.2 Å². The minimum Gasteiger partial charge on any atom is -0.310 e. The first-order valence-electron chi connectivity index (χ1n) is 3.79. The summed E-state index contributed by atoms with van der Waals surface area (Å²) >= 11 is 0.804. The van der Waals surface area contributed by atoms with E-state index in [2.05, 4.69) is 0 Å². The maximum Gasteiger partial charge on any atom is 0.471 e. The lowest BCUT2D eigenvalue weighted by molar-refractivity contribution is -0.167. The van der Waals surface area contributed by atoms with Gasteiger partial charge in [0.15, 0.2) is 5.78 Å². The summed E-state index contributed by atoms with van der Waals surface area (Å²) in [5.74, 6) is -2.30. The van der Waals surface area contributed by atoms with Gasteiger partial charge in [-0.05, 0) is 19.1 Å². The Morgan fingerprint density at radius 2 is 1.93 bits per heavy atom. The summed E-state index contributed by atoms with van der Waals surface area (Å²) < 4.78 is 35.5. The smallest absolute Gasteiger partial charge is 0.310 e. The number of hydrogen-bond acceptors (Lipinski definition) is 3. The van der Waals surface area contributed by atoms with Crippen LogP contribution < -0.4 is 5.32 Å². The number of hydrogen-bond donors (Lipinski definition) is 1. The molecular formula is C8H6F3NO2S. The first kappa shape index (κ1) is 11.7. The van der Waals surface area contributed by atoms with Crippen LogP contribution in [0.15, 0.2) is 12.1 Å². The molecule has 0 aliphatic rings. The molecule has 7 heteroatoms. The molecule has 0 aliphatic heterocycles. The van der Waals surface area contributed by atoms with Crippen molar-refractivity contribution in [3.8, 4) is 0 Å². The molecule has 0 aliphatic carbocycles. The van der Waals surface area contributed by atoms with Crippen LogP contribution in [0, 0.1) is 0 Å². The Balaban J connectivity index is 2.74. The van der Waals surface area contributed by atoms with Crippen LogP contribution in [0.3, 0.4) is 0 Å². The standard InChI is InChI=1S/C8H6F3NO2S/c1-4(13)5-2-3-6(15-5)12-7(14)8(9,10)11/h2-3H,1H3,(H,12,14). The monoisotopic (exact) mass is 237 g/mol. The average Bonchev–Trinajstić information content (AvgIpc) is 2.50. The molecular weight excluding hydrogens is 231 g/mol. The van der Waals surface area contributed by atoms with Crippen LogP contribution in [-0.4, -0.2) is 17.9 Å². The van der Waals surface area contributed by atoms with E-state index in [4.69, 9.17) is 0 Å². The highest BCUT2D eigenvalue weighted by Crippen LogP contribution is 2.24. The number of rotatable bonds is 2. The second kappa shape index (κ2) is 4.01. The van der Waals surface area contributed by atoms with Gasteiger partial charge < -0.3 is 5.32 Å². The van der Waals surface area contributed by atoms with Gasteiger partial charge in [-0.2, -0.15) is 13.2 Å². The zero-order valence-corrected chi connectivity index (χ0v) is 8.33. The maximum atomic E-state index is 11.8. The lowest BCUT2D eigenvalue weighted by atomic mass is 10.3. The van der Waals surface area contributed by atoms with E-state index >= 15 is 0 Å². The zero-order valence-electron chi connectivity index (χ0n) is 7.51. The van der Waals surface area contributed by atoms with E-state index in [0.29, 0.717) is 4.88 Å². The van der Waals surface area contributed by atoms with Crippen molar-refractivity contribution < 1.29 is 22.8 Å². The van der Waals surface area contributed by atoms with Crippen LogP contribution in [0.5, 0.6) is 0 Å². The molecule has 0 bridgehead atoms. The SMILES string of the molecule is CC(=O)c1ccc(NC(=O)C(F)(F)F)s1. The number of anilines is 1. The van der Waals surface area contributed by atoms with Crippen LogP contribution in [-0.2, 0) is 4.79 Å². The molecule has 1 N–H and O–H groups in total. The third kappa shape index (κ3) is 3.05. The molecule has 0 saturated carbocycles. The zero-order chi connectivity index (χ0) is 11.6. The second-order valence-electron chi connectivity index (χ2n) is 2.67. The van der Waals surface area contributed by atoms with Crippen molar-refractivity contribution in [2.45, 2.75) is 13.1 Å². The van der Waals surface area contributed by atoms with Gasteiger partial charge in [-0.3, -0.25) is 9.59 Å². The molecule has 3 nitrogen and oxygen atoms in total. The van der Waals surface area contributed by atoms with E-state index in [9.17, 15) is 22.8 Å².